The Kier molecular flexibility index (Phi) is 6.24. The Morgan fingerprint density at radius 2 is 2.00 bits per heavy atom. The van der Waals surface area contributed by atoms with Crippen LogP contribution in [0.15, 0.2) is 47.1 Å². The molecule has 8 nitrogen and oxygen atoms in total. The fourth-order valence-electron chi connectivity index (χ4n) is 4.81. The van der Waals surface area contributed by atoms with Crippen molar-refractivity contribution in [3.8, 4) is 17.1 Å². The summed E-state index contributed by atoms with van der Waals surface area (Å²) in [6.07, 6.45) is 6.71. The summed E-state index contributed by atoms with van der Waals surface area (Å²) in [6, 6.07) is 12.2. The van der Waals surface area contributed by atoms with Gasteiger partial charge in [0.1, 0.15) is 5.75 Å². The molecule has 0 radical (unpaired) electrons. The quantitative estimate of drug-likeness (QED) is 0.617. The van der Waals surface area contributed by atoms with Crippen LogP contribution in [0.4, 0.5) is 6.01 Å². The Morgan fingerprint density at radius 3 is 2.79 bits per heavy atom. The molecule has 2 aliphatic rings. The number of aromatic nitrogens is 3. The molecule has 172 valence electrons. The number of pyridine rings is 1. The number of hydrogen-bond acceptors (Lipinski definition) is 7. The third kappa shape index (κ3) is 4.69. The molecule has 2 aromatic heterocycles. The lowest BCUT2D eigenvalue weighted by atomic mass is 9.86. The maximum atomic E-state index is 12.8. The van der Waals surface area contributed by atoms with Gasteiger partial charge in [0.05, 0.1) is 7.11 Å². The molecule has 1 fully saturated rings. The summed E-state index contributed by atoms with van der Waals surface area (Å²) in [7, 11) is 1.64. The summed E-state index contributed by atoms with van der Waals surface area (Å²) >= 11 is 0. The molecule has 0 saturated carbocycles. The smallest absolute Gasteiger partial charge is 0.324 e. The number of carbonyl (C=O) groups excluding carboxylic acids is 1. The molecule has 0 spiro atoms. The van der Waals surface area contributed by atoms with Gasteiger partial charge in [-0.2, -0.15) is 4.98 Å². The highest BCUT2D eigenvalue weighted by molar-refractivity contribution is 5.79. The van der Waals surface area contributed by atoms with Crippen molar-refractivity contribution in [2.45, 2.75) is 38.0 Å². The molecule has 1 N–H and O–H groups in total. The first-order chi connectivity index (χ1) is 16.2. The molecular weight excluding hydrogens is 418 g/mol. The van der Waals surface area contributed by atoms with Gasteiger partial charge in [0.15, 0.2) is 0 Å². The molecule has 1 saturated heterocycles. The van der Waals surface area contributed by atoms with Crippen LogP contribution in [0.3, 0.4) is 0 Å². The van der Waals surface area contributed by atoms with Gasteiger partial charge < -0.3 is 19.5 Å². The SMILES string of the molecule is COc1ccc(-c2noc(N3CCC(C(=O)NCC4CCCc5cccnc54)CC3)n2)cc1. The molecule has 8 heteroatoms. The van der Waals surface area contributed by atoms with Crippen molar-refractivity contribution < 1.29 is 14.1 Å². The zero-order valence-electron chi connectivity index (χ0n) is 18.9. The van der Waals surface area contributed by atoms with Crippen molar-refractivity contribution in [1.82, 2.24) is 20.4 Å². The molecule has 1 unspecified atom stereocenters. The summed E-state index contributed by atoms with van der Waals surface area (Å²) in [5.74, 6) is 1.80. The topological polar surface area (TPSA) is 93.4 Å². The lowest BCUT2D eigenvalue weighted by molar-refractivity contribution is -0.125. The Balaban J connectivity index is 1.13. The Hall–Kier alpha value is -3.42. The van der Waals surface area contributed by atoms with Crippen molar-refractivity contribution in [2.75, 3.05) is 31.6 Å². The highest BCUT2D eigenvalue weighted by Crippen LogP contribution is 2.30. The summed E-state index contributed by atoms with van der Waals surface area (Å²) in [5.41, 5.74) is 3.35. The maximum Gasteiger partial charge on any atom is 0.324 e. The predicted octanol–water partition coefficient (Wildman–Crippen LogP) is 3.59. The number of carbonyl (C=O) groups is 1. The number of ether oxygens (including phenoxy) is 1. The number of fused-ring (bicyclic) bond motifs is 1. The molecule has 1 atom stereocenters. The van der Waals surface area contributed by atoms with Gasteiger partial charge in [-0.25, -0.2) is 0 Å². The van der Waals surface area contributed by atoms with Gasteiger partial charge >= 0.3 is 6.01 Å². The third-order valence-corrected chi connectivity index (χ3v) is 6.73. The molecule has 3 heterocycles. The number of nitrogens with one attached hydrogen (secondary N) is 1. The molecule has 3 aromatic rings. The number of nitrogens with zero attached hydrogens (tertiary/aromatic N) is 4. The predicted molar refractivity (Wildman–Crippen MR) is 124 cm³/mol. The summed E-state index contributed by atoms with van der Waals surface area (Å²) in [5, 5.41) is 7.31. The van der Waals surface area contributed by atoms with E-state index in [4.69, 9.17) is 9.26 Å². The van der Waals surface area contributed by atoms with Gasteiger partial charge in [0.25, 0.3) is 0 Å². The monoisotopic (exact) mass is 447 g/mol. The second-order valence-electron chi connectivity index (χ2n) is 8.77. The van der Waals surface area contributed by atoms with E-state index in [1.165, 1.54) is 5.56 Å². The first kappa shape index (κ1) is 21.4. The van der Waals surface area contributed by atoms with Crippen molar-refractivity contribution in [2.24, 2.45) is 5.92 Å². The van der Waals surface area contributed by atoms with Gasteiger partial charge in [-0.1, -0.05) is 11.2 Å². The number of rotatable bonds is 6. The van der Waals surface area contributed by atoms with E-state index in [1.807, 2.05) is 36.5 Å². The molecule has 33 heavy (non-hydrogen) atoms. The fraction of sp³-hybridized carbons (Fsp3) is 0.440. The van der Waals surface area contributed by atoms with E-state index >= 15 is 0 Å². The highest BCUT2D eigenvalue weighted by Gasteiger charge is 2.29. The van der Waals surface area contributed by atoms with Crippen LogP contribution < -0.4 is 15.0 Å². The van der Waals surface area contributed by atoms with Crippen LogP contribution >= 0.6 is 0 Å². The summed E-state index contributed by atoms with van der Waals surface area (Å²) in [6.45, 7) is 2.10. The number of anilines is 1. The zero-order chi connectivity index (χ0) is 22.6. The van der Waals surface area contributed by atoms with E-state index in [1.54, 1.807) is 7.11 Å². The number of benzene rings is 1. The largest absolute Gasteiger partial charge is 0.497 e. The van der Waals surface area contributed by atoms with Gasteiger partial charge in [-0.15, -0.1) is 0 Å². The van der Waals surface area contributed by atoms with E-state index in [0.717, 1.165) is 62.2 Å². The Bertz CT molecular complexity index is 1090. The van der Waals surface area contributed by atoms with Crippen LogP contribution in [0.1, 0.15) is 42.9 Å². The summed E-state index contributed by atoms with van der Waals surface area (Å²) in [4.78, 5) is 24.0. The average Bonchev–Trinajstić information content (AvgIpc) is 3.38. The van der Waals surface area contributed by atoms with Crippen LogP contribution in [0.25, 0.3) is 11.4 Å². The van der Waals surface area contributed by atoms with E-state index in [-0.39, 0.29) is 11.8 Å². The number of hydrogen-bond donors (Lipinski definition) is 1. The van der Waals surface area contributed by atoms with Crippen LogP contribution in [-0.4, -0.2) is 47.8 Å². The number of piperidine rings is 1. The van der Waals surface area contributed by atoms with E-state index < -0.39 is 0 Å². The minimum atomic E-state index is 0.0111. The van der Waals surface area contributed by atoms with Crippen molar-refractivity contribution in [3.63, 3.8) is 0 Å². The van der Waals surface area contributed by atoms with Crippen molar-refractivity contribution >= 4 is 11.9 Å². The molecule has 0 bridgehead atoms. The molecule has 1 amide bonds. The van der Waals surface area contributed by atoms with Crippen LogP contribution in [0.5, 0.6) is 5.75 Å². The molecule has 5 rings (SSSR count). The van der Waals surface area contributed by atoms with E-state index in [0.29, 0.717) is 24.3 Å². The van der Waals surface area contributed by atoms with Gasteiger partial charge in [0.2, 0.25) is 11.7 Å². The molecule has 1 aromatic carbocycles. The van der Waals surface area contributed by atoms with Gasteiger partial charge in [-0.3, -0.25) is 9.78 Å². The second kappa shape index (κ2) is 9.60. The normalized spacial score (nSPS) is 18.6. The Labute approximate surface area is 193 Å². The minimum absolute atomic E-state index is 0.0111. The fourth-order valence-corrected chi connectivity index (χ4v) is 4.81. The highest BCUT2D eigenvalue weighted by atomic mass is 16.5. The van der Waals surface area contributed by atoms with Crippen LogP contribution in [-0.2, 0) is 11.2 Å². The lowest BCUT2D eigenvalue weighted by Gasteiger charge is -2.30. The van der Waals surface area contributed by atoms with E-state index in [2.05, 4.69) is 31.4 Å². The minimum Gasteiger partial charge on any atom is -0.497 e. The molecule has 1 aliphatic heterocycles. The lowest BCUT2D eigenvalue weighted by Crippen LogP contribution is -2.42. The second-order valence-corrected chi connectivity index (χ2v) is 8.77. The van der Waals surface area contributed by atoms with E-state index in [9.17, 15) is 4.79 Å². The maximum absolute atomic E-state index is 12.8. The zero-order valence-corrected chi connectivity index (χ0v) is 18.9. The third-order valence-electron chi connectivity index (χ3n) is 6.73. The number of methoxy groups -OCH3 is 1. The van der Waals surface area contributed by atoms with Crippen molar-refractivity contribution in [1.29, 1.82) is 0 Å². The number of aryl methyl sites for hydroxylation is 1. The van der Waals surface area contributed by atoms with Crippen LogP contribution in [0.2, 0.25) is 0 Å². The number of amides is 1. The summed E-state index contributed by atoms with van der Waals surface area (Å²) < 4.78 is 10.7. The van der Waals surface area contributed by atoms with Crippen LogP contribution in [0, 0.1) is 5.92 Å². The van der Waals surface area contributed by atoms with Gasteiger partial charge in [-0.05, 0) is 68.0 Å². The average molecular weight is 448 g/mol. The first-order valence-electron chi connectivity index (χ1n) is 11.7. The first-order valence-corrected chi connectivity index (χ1v) is 11.7. The van der Waals surface area contributed by atoms with Crippen molar-refractivity contribution in [3.05, 3.63) is 53.9 Å². The Morgan fingerprint density at radius 1 is 1.18 bits per heavy atom. The molecule has 1 aliphatic carbocycles. The molecular formula is C25H29N5O3. The van der Waals surface area contributed by atoms with Gasteiger partial charge in [0, 0.05) is 48.9 Å². The standard InChI is InChI=1S/C25H29N5O3/c1-32-21-9-7-18(8-10-21)23-28-25(33-29-23)30-14-11-19(12-15-30)24(31)27-16-20-5-2-4-17-6-3-13-26-22(17)20/h3,6-10,13,19-20H,2,4-5,11-12,14-16H2,1H3,(H,27,31).